The molecule has 1 atom stereocenters. The summed E-state index contributed by atoms with van der Waals surface area (Å²) in [6.45, 7) is 2.21. The molecule has 1 aliphatic rings. The summed E-state index contributed by atoms with van der Waals surface area (Å²) in [5, 5.41) is 2.51. The molecule has 0 saturated heterocycles. The van der Waals surface area contributed by atoms with Crippen molar-refractivity contribution in [1.29, 1.82) is 0 Å². The molecule has 0 spiro atoms. The van der Waals surface area contributed by atoms with Crippen LogP contribution in [0.25, 0.3) is 0 Å². The Hall–Kier alpha value is -2.11. The third kappa shape index (κ3) is 3.69. The normalized spacial score (nSPS) is 15.3. The van der Waals surface area contributed by atoms with Crippen molar-refractivity contribution in [1.82, 2.24) is 15.2 Å². The number of aromatic nitrogens is 1. The quantitative estimate of drug-likeness (QED) is 0.881. The van der Waals surface area contributed by atoms with Gasteiger partial charge in [-0.3, -0.25) is 9.78 Å². The van der Waals surface area contributed by atoms with Crippen molar-refractivity contribution < 1.29 is 14.3 Å². The average molecular weight is 277 g/mol. The summed E-state index contributed by atoms with van der Waals surface area (Å²) >= 11 is 0. The second-order valence-electron chi connectivity index (χ2n) is 4.91. The first kappa shape index (κ1) is 14.3. The van der Waals surface area contributed by atoms with Crippen molar-refractivity contribution in [2.75, 3.05) is 7.11 Å². The van der Waals surface area contributed by atoms with Crippen LogP contribution in [-0.4, -0.2) is 41.1 Å². The van der Waals surface area contributed by atoms with Gasteiger partial charge >= 0.3 is 6.09 Å². The third-order valence-corrected chi connectivity index (χ3v) is 3.26. The van der Waals surface area contributed by atoms with Crippen LogP contribution in [0, 0.1) is 0 Å². The highest BCUT2D eigenvalue weighted by Gasteiger charge is 2.35. The number of amides is 2. The molecule has 108 valence electrons. The van der Waals surface area contributed by atoms with Crippen molar-refractivity contribution >= 4 is 12.0 Å². The molecule has 0 radical (unpaired) electrons. The summed E-state index contributed by atoms with van der Waals surface area (Å²) in [6.07, 6.45) is 4.86. The largest absolute Gasteiger partial charge is 0.453 e. The zero-order valence-electron chi connectivity index (χ0n) is 11.7. The number of rotatable bonds is 5. The van der Waals surface area contributed by atoms with Crippen LogP contribution in [0.3, 0.4) is 0 Å². The Morgan fingerprint density at radius 3 is 2.65 bits per heavy atom. The van der Waals surface area contributed by atoms with E-state index in [1.807, 2.05) is 17.0 Å². The summed E-state index contributed by atoms with van der Waals surface area (Å²) in [7, 11) is 1.28. The predicted octanol–water partition coefficient (Wildman–Crippen LogP) is 1.32. The van der Waals surface area contributed by atoms with Gasteiger partial charge in [-0.25, -0.2) is 4.79 Å². The van der Waals surface area contributed by atoms with E-state index in [-0.39, 0.29) is 11.9 Å². The SMILES string of the molecule is COC(=O)N[C@H](C)C(=O)N(Cc1ccncc1)C1CC1. The van der Waals surface area contributed by atoms with Gasteiger partial charge in [0, 0.05) is 25.0 Å². The second kappa shape index (κ2) is 6.36. The molecule has 1 aromatic heterocycles. The van der Waals surface area contributed by atoms with E-state index in [1.165, 1.54) is 7.11 Å². The highest BCUT2D eigenvalue weighted by Crippen LogP contribution is 2.28. The van der Waals surface area contributed by atoms with E-state index >= 15 is 0 Å². The molecule has 1 aliphatic carbocycles. The summed E-state index contributed by atoms with van der Waals surface area (Å²) in [6, 6.07) is 3.46. The van der Waals surface area contributed by atoms with Crippen molar-refractivity contribution in [2.24, 2.45) is 0 Å². The number of nitrogens with zero attached hydrogens (tertiary/aromatic N) is 2. The average Bonchev–Trinajstić information content (AvgIpc) is 3.29. The number of hydrogen-bond acceptors (Lipinski definition) is 4. The van der Waals surface area contributed by atoms with Gasteiger partial charge in [-0.15, -0.1) is 0 Å². The van der Waals surface area contributed by atoms with Gasteiger partial charge in [-0.05, 0) is 37.5 Å². The number of hydrogen-bond donors (Lipinski definition) is 1. The molecular weight excluding hydrogens is 258 g/mol. The fraction of sp³-hybridized carbons (Fsp3) is 0.500. The molecule has 1 aromatic rings. The fourth-order valence-electron chi connectivity index (χ4n) is 2.00. The number of pyridine rings is 1. The van der Waals surface area contributed by atoms with E-state index in [2.05, 4.69) is 15.0 Å². The Morgan fingerprint density at radius 2 is 2.10 bits per heavy atom. The maximum Gasteiger partial charge on any atom is 0.407 e. The molecule has 1 N–H and O–H groups in total. The number of alkyl carbamates (subject to hydrolysis) is 1. The van der Waals surface area contributed by atoms with Crippen LogP contribution in [0.5, 0.6) is 0 Å². The molecular formula is C14H19N3O3. The number of ether oxygens (including phenoxy) is 1. The van der Waals surface area contributed by atoms with E-state index in [9.17, 15) is 9.59 Å². The molecule has 2 amide bonds. The summed E-state index contributed by atoms with van der Waals surface area (Å²) in [4.78, 5) is 29.4. The van der Waals surface area contributed by atoms with Crippen molar-refractivity contribution in [3.63, 3.8) is 0 Å². The highest BCUT2D eigenvalue weighted by molar-refractivity contribution is 5.85. The molecule has 1 saturated carbocycles. The molecule has 20 heavy (non-hydrogen) atoms. The van der Waals surface area contributed by atoms with E-state index in [0.29, 0.717) is 6.54 Å². The molecule has 0 aliphatic heterocycles. The summed E-state index contributed by atoms with van der Waals surface area (Å²) < 4.78 is 4.52. The molecule has 6 heteroatoms. The van der Waals surface area contributed by atoms with Crippen molar-refractivity contribution in [3.05, 3.63) is 30.1 Å². The van der Waals surface area contributed by atoms with E-state index in [1.54, 1.807) is 19.3 Å². The smallest absolute Gasteiger partial charge is 0.407 e. The molecule has 0 bridgehead atoms. The molecule has 0 unspecified atom stereocenters. The van der Waals surface area contributed by atoms with Crippen LogP contribution < -0.4 is 5.32 Å². The predicted molar refractivity (Wildman–Crippen MR) is 72.8 cm³/mol. The van der Waals surface area contributed by atoms with E-state index < -0.39 is 12.1 Å². The minimum Gasteiger partial charge on any atom is -0.453 e. The van der Waals surface area contributed by atoms with Crippen LogP contribution in [0.15, 0.2) is 24.5 Å². The maximum absolute atomic E-state index is 12.4. The van der Waals surface area contributed by atoms with E-state index in [0.717, 1.165) is 18.4 Å². The second-order valence-corrected chi connectivity index (χ2v) is 4.91. The lowest BCUT2D eigenvalue weighted by atomic mass is 10.2. The van der Waals surface area contributed by atoms with Gasteiger partial charge in [0.15, 0.2) is 0 Å². The van der Waals surface area contributed by atoms with Crippen LogP contribution in [-0.2, 0) is 16.1 Å². The fourth-order valence-corrected chi connectivity index (χ4v) is 2.00. The topological polar surface area (TPSA) is 71.5 Å². The Bertz CT molecular complexity index is 474. The van der Waals surface area contributed by atoms with Gasteiger partial charge in [-0.2, -0.15) is 0 Å². The molecule has 1 fully saturated rings. The minimum atomic E-state index is -0.593. The first-order chi connectivity index (χ1) is 9.61. The van der Waals surface area contributed by atoms with Crippen molar-refractivity contribution in [3.8, 4) is 0 Å². The standard InChI is InChI=1S/C14H19N3O3/c1-10(16-14(19)20-2)13(18)17(12-3-4-12)9-11-5-7-15-8-6-11/h5-8,10,12H,3-4,9H2,1-2H3,(H,16,19)/t10-/m1/s1. The number of carbonyl (C=O) groups is 2. The third-order valence-electron chi connectivity index (χ3n) is 3.26. The Balaban J connectivity index is 2.01. The van der Waals surface area contributed by atoms with Gasteiger partial charge < -0.3 is 15.0 Å². The van der Waals surface area contributed by atoms with Gasteiger partial charge in [-0.1, -0.05) is 0 Å². The zero-order valence-corrected chi connectivity index (χ0v) is 11.7. The minimum absolute atomic E-state index is 0.0882. The lowest BCUT2D eigenvalue weighted by molar-refractivity contribution is -0.134. The molecule has 0 aromatic carbocycles. The van der Waals surface area contributed by atoms with E-state index in [4.69, 9.17) is 0 Å². The lowest BCUT2D eigenvalue weighted by Gasteiger charge is -2.26. The maximum atomic E-state index is 12.4. The summed E-state index contributed by atoms with van der Waals surface area (Å²) in [5.74, 6) is -0.0882. The van der Waals surface area contributed by atoms with Crippen LogP contribution in [0.2, 0.25) is 0 Å². The number of nitrogens with one attached hydrogen (secondary N) is 1. The van der Waals surface area contributed by atoms with Gasteiger partial charge in [0.1, 0.15) is 6.04 Å². The van der Waals surface area contributed by atoms with Gasteiger partial charge in [0.2, 0.25) is 5.91 Å². The Kier molecular flexibility index (Phi) is 4.55. The molecule has 2 rings (SSSR count). The highest BCUT2D eigenvalue weighted by atomic mass is 16.5. The molecule has 6 nitrogen and oxygen atoms in total. The van der Waals surface area contributed by atoms with Crippen LogP contribution >= 0.6 is 0 Å². The van der Waals surface area contributed by atoms with Gasteiger partial charge in [0.05, 0.1) is 7.11 Å². The number of methoxy groups -OCH3 is 1. The Labute approximate surface area is 118 Å². The van der Waals surface area contributed by atoms with Crippen molar-refractivity contribution in [2.45, 2.75) is 38.4 Å². The van der Waals surface area contributed by atoms with Crippen LogP contribution in [0.1, 0.15) is 25.3 Å². The lowest BCUT2D eigenvalue weighted by Crippen LogP contribution is -2.47. The Morgan fingerprint density at radius 1 is 1.45 bits per heavy atom. The van der Waals surface area contributed by atoms with Crippen LogP contribution in [0.4, 0.5) is 4.79 Å². The molecule has 1 heterocycles. The monoisotopic (exact) mass is 277 g/mol. The summed E-state index contributed by atoms with van der Waals surface area (Å²) in [5.41, 5.74) is 1.03. The zero-order chi connectivity index (χ0) is 14.5. The van der Waals surface area contributed by atoms with Gasteiger partial charge in [0.25, 0.3) is 0 Å². The first-order valence-electron chi connectivity index (χ1n) is 6.65. The number of carbonyl (C=O) groups excluding carboxylic acids is 2. The first-order valence-corrected chi connectivity index (χ1v) is 6.65.